The van der Waals surface area contributed by atoms with Crippen molar-refractivity contribution in [2.24, 2.45) is 0 Å². The van der Waals surface area contributed by atoms with E-state index < -0.39 is 10.8 Å². The van der Waals surface area contributed by atoms with Crippen molar-refractivity contribution in [3.8, 4) is 17.4 Å². The summed E-state index contributed by atoms with van der Waals surface area (Å²) in [6, 6.07) is 16.0. The fraction of sp³-hybridized carbons (Fsp3) is 0.0476. The number of amides is 1. The van der Waals surface area contributed by atoms with Gasteiger partial charge in [-0.1, -0.05) is 17.7 Å². The van der Waals surface area contributed by atoms with Gasteiger partial charge in [0.25, 0.3) is 11.6 Å². The van der Waals surface area contributed by atoms with E-state index in [2.05, 4.69) is 5.32 Å². The summed E-state index contributed by atoms with van der Waals surface area (Å²) in [6.07, 6.45) is 1.32. The van der Waals surface area contributed by atoms with Crippen molar-refractivity contribution in [1.82, 2.24) is 0 Å². The van der Waals surface area contributed by atoms with Crippen LogP contribution >= 0.6 is 11.6 Å². The summed E-state index contributed by atoms with van der Waals surface area (Å²) in [5.41, 5.74) is 1.77. The van der Waals surface area contributed by atoms with E-state index in [1.54, 1.807) is 42.5 Å². The van der Waals surface area contributed by atoms with Crippen molar-refractivity contribution in [2.45, 2.75) is 6.92 Å². The molecule has 0 aliphatic rings. The van der Waals surface area contributed by atoms with Gasteiger partial charge < -0.3 is 9.73 Å². The average Bonchev–Trinajstić information content (AvgIpc) is 3.17. The van der Waals surface area contributed by atoms with Crippen molar-refractivity contribution >= 4 is 35.0 Å². The minimum Gasteiger partial charge on any atom is -0.457 e. The molecule has 1 amide bonds. The van der Waals surface area contributed by atoms with Gasteiger partial charge >= 0.3 is 0 Å². The number of non-ortho nitro benzene ring substituents is 1. The highest BCUT2D eigenvalue weighted by Gasteiger charge is 2.13. The van der Waals surface area contributed by atoms with Crippen molar-refractivity contribution in [1.29, 1.82) is 5.26 Å². The molecule has 0 spiro atoms. The van der Waals surface area contributed by atoms with Crippen LogP contribution < -0.4 is 5.32 Å². The molecule has 2 aromatic carbocycles. The maximum atomic E-state index is 12.4. The molecule has 0 radical (unpaired) electrons. The second-order valence-corrected chi connectivity index (χ2v) is 6.53. The number of hydrogen-bond donors (Lipinski definition) is 1. The summed E-state index contributed by atoms with van der Waals surface area (Å²) in [5, 5.41) is 23.2. The van der Waals surface area contributed by atoms with E-state index >= 15 is 0 Å². The second kappa shape index (κ2) is 8.42. The van der Waals surface area contributed by atoms with E-state index in [1.165, 1.54) is 18.2 Å². The summed E-state index contributed by atoms with van der Waals surface area (Å²) in [7, 11) is 0. The highest BCUT2D eigenvalue weighted by molar-refractivity contribution is 6.31. The summed E-state index contributed by atoms with van der Waals surface area (Å²) < 4.78 is 5.65. The number of carbonyl (C=O) groups is 1. The molecule has 0 unspecified atom stereocenters. The number of nitro groups is 1. The Morgan fingerprint density at radius 2 is 1.93 bits per heavy atom. The lowest BCUT2D eigenvalue weighted by Crippen LogP contribution is -2.14. The van der Waals surface area contributed by atoms with Crippen LogP contribution in [0.2, 0.25) is 5.02 Å². The van der Waals surface area contributed by atoms with Crippen LogP contribution in [-0.2, 0) is 4.79 Å². The van der Waals surface area contributed by atoms with Crippen molar-refractivity contribution < 1.29 is 14.1 Å². The number of rotatable bonds is 5. The number of carbonyl (C=O) groups excluding carboxylic acids is 1. The summed E-state index contributed by atoms with van der Waals surface area (Å²) in [5.74, 6) is 0.161. The van der Waals surface area contributed by atoms with E-state index in [0.29, 0.717) is 27.8 Å². The number of nitriles is 1. The molecule has 7 nitrogen and oxygen atoms in total. The van der Waals surface area contributed by atoms with Gasteiger partial charge in [-0.25, -0.2) is 0 Å². The monoisotopic (exact) mass is 407 g/mol. The van der Waals surface area contributed by atoms with E-state index in [9.17, 15) is 20.2 Å². The first kappa shape index (κ1) is 19.9. The van der Waals surface area contributed by atoms with Gasteiger partial charge in [-0.2, -0.15) is 5.26 Å². The maximum absolute atomic E-state index is 12.4. The molecule has 0 aliphatic carbocycles. The van der Waals surface area contributed by atoms with Crippen LogP contribution in [-0.4, -0.2) is 10.8 Å². The predicted octanol–water partition coefficient (Wildman–Crippen LogP) is 5.36. The Hall–Kier alpha value is -3.89. The highest BCUT2D eigenvalue weighted by Crippen LogP contribution is 2.26. The van der Waals surface area contributed by atoms with E-state index in [-0.39, 0.29) is 11.3 Å². The van der Waals surface area contributed by atoms with Crippen LogP contribution in [0.5, 0.6) is 0 Å². The molecule has 1 N–H and O–H groups in total. The Morgan fingerprint density at radius 3 is 2.59 bits per heavy atom. The SMILES string of the molecule is Cc1ccc(Cl)cc1NC(=O)/C(C#N)=C/c1ccc(-c2ccc([N+](=O)[O-])cc2)o1. The Kier molecular flexibility index (Phi) is 5.77. The smallest absolute Gasteiger partial charge is 0.269 e. The number of benzene rings is 2. The van der Waals surface area contributed by atoms with E-state index in [4.69, 9.17) is 16.0 Å². The number of nitrogens with one attached hydrogen (secondary N) is 1. The molecule has 0 atom stereocenters. The zero-order valence-corrected chi connectivity index (χ0v) is 15.9. The first-order chi connectivity index (χ1) is 13.9. The van der Waals surface area contributed by atoms with Crippen LogP contribution in [0.4, 0.5) is 11.4 Å². The van der Waals surface area contributed by atoms with Gasteiger partial charge in [0.05, 0.1) is 4.92 Å². The molecule has 3 rings (SSSR count). The molecule has 1 aromatic heterocycles. The standard InChI is InChI=1S/C21H14ClN3O4/c1-13-2-5-16(22)11-19(13)24-21(26)15(12-23)10-18-8-9-20(29-18)14-3-6-17(7-4-14)25(27)28/h2-11H,1H3,(H,24,26)/b15-10+. The predicted molar refractivity (Wildman–Crippen MR) is 109 cm³/mol. The van der Waals surface area contributed by atoms with Gasteiger partial charge in [-0.15, -0.1) is 0 Å². The number of aryl methyl sites for hydroxylation is 1. The number of nitrogens with zero attached hydrogens (tertiary/aromatic N) is 2. The normalized spacial score (nSPS) is 11.0. The molecule has 0 fully saturated rings. The summed E-state index contributed by atoms with van der Waals surface area (Å²) in [4.78, 5) is 22.7. The largest absolute Gasteiger partial charge is 0.457 e. The summed E-state index contributed by atoms with van der Waals surface area (Å²) in [6.45, 7) is 1.81. The molecule has 0 saturated carbocycles. The molecular weight excluding hydrogens is 394 g/mol. The van der Waals surface area contributed by atoms with Crippen LogP contribution in [0.15, 0.2) is 64.6 Å². The fourth-order valence-electron chi connectivity index (χ4n) is 2.54. The maximum Gasteiger partial charge on any atom is 0.269 e. The zero-order valence-electron chi connectivity index (χ0n) is 15.2. The number of nitro benzene ring substituents is 1. The van der Waals surface area contributed by atoms with Crippen LogP contribution in [0, 0.1) is 28.4 Å². The molecule has 0 aliphatic heterocycles. The van der Waals surface area contributed by atoms with Gasteiger partial charge in [0.15, 0.2) is 0 Å². The van der Waals surface area contributed by atoms with Crippen LogP contribution in [0.3, 0.4) is 0 Å². The van der Waals surface area contributed by atoms with Crippen LogP contribution in [0.1, 0.15) is 11.3 Å². The molecule has 1 heterocycles. The van der Waals surface area contributed by atoms with Gasteiger partial charge in [-0.3, -0.25) is 14.9 Å². The fourth-order valence-corrected chi connectivity index (χ4v) is 2.71. The molecule has 0 bridgehead atoms. The molecule has 8 heteroatoms. The van der Waals surface area contributed by atoms with Gasteiger partial charge in [0.2, 0.25) is 0 Å². The topological polar surface area (TPSA) is 109 Å². The van der Waals surface area contributed by atoms with Gasteiger partial charge in [0.1, 0.15) is 23.2 Å². The Morgan fingerprint density at radius 1 is 1.21 bits per heavy atom. The third-order valence-electron chi connectivity index (χ3n) is 4.09. The second-order valence-electron chi connectivity index (χ2n) is 6.09. The third-order valence-corrected chi connectivity index (χ3v) is 4.32. The van der Waals surface area contributed by atoms with Gasteiger partial charge in [-0.05, 0) is 48.9 Å². The molecule has 0 saturated heterocycles. The first-order valence-electron chi connectivity index (χ1n) is 8.41. The number of halogens is 1. The van der Waals surface area contributed by atoms with Crippen LogP contribution in [0.25, 0.3) is 17.4 Å². The lowest BCUT2D eigenvalue weighted by Gasteiger charge is -2.08. The molecular formula is C21H14ClN3O4. The lowest BCUT2D eigenvalue weighted by atomic mass is 10.1. The Balaban J connectivity index is 1.81. The quantitative estimate of drug-likeness (QED) is 0.265. The molecule has 144 valence electrons. The summed E-state index contributed by atoms with van der Waals surface area (Å²) >= 11 is 5.95. The average molecular weight is 408 g/mol. The van der Waals surface area contributed by atoms with Crippen molar-refractivity contribution in [3.05, 3.63) is 86.6 Å². The first-order valence-corrected chi connectivity index (χ1v) is 8.79. The lowest BCUT2D eigenvalue weighted by molar-refractivity contribution is -0.384. The highest BCUT2D eigenvalue weighted by atomic mass is 35.5. The number of furan rings is 1. The molecule has 29 heavy (non-hydrogen) atoms. The number of anilines is 1. The number of hydrogen-bond acceptors (Lipinski definition) is 5. The van der Waals surface area contributed by atoms with E-state index in [1.807, 2.05) is 13.0 Å². The minimum atomic E-state index is -0.592. The molecule has 3 aromatic rings. The van der Waals surface area contributed by atoms with Crippen molar-refractivity contribution in [2.75, 3.05) is 5.32 Å². The van der Waals surface area contributed by atoms with E-state index in [0.717, 1.165) is 5.56 Å². The zero-order chi connectivity index (χ0) is 21.0. The minimum absolute atomic E-state index is 0.0276. The Bertz CT molecular complexity index is 1160. The third kappa shape index (κ3) is 4.69. The Labute approximate surface area is 171 Å². The van der Waals surface area contributed by atoms with Gasteiger partial charge in [0, 0.05) is 34.5 Å². The van der Waals surface area contributed by atoms with Crippen molar-refractivity contribution in [3.63, 3.8) is 0 Å².